The predicted molar refractivity (Wildman–Crippen MR) is 145 cm³/mol. The minimum absolute atomic E-state index is 0.0503. The van der Waals surface area contributed by atoms with E-state index in [4.69, 9.17) is 18.6 Å². The number of esters is 1. The third-order valence-electron chi connectivity index (χ3n) is 6.38. The van der Waals surface area contributed by atoms with Crippen molar-refractivity contribution in [1.29, 1.82) is 0 Å². The molecule has 1 unspecified atom stereocenters. The second-order valence-electron chi connectivity index (χ2n) is 8.90. The maximum atomic E-state index is 11.8. The van der Waals surface area contributed by atoms with E-state index >= 15 is 0 Å². The fourth-order valence-electron chi connectivity index (χ4n) is 4.42. The lowest BCUT2D eigenvalue weighted by Gasteiger charge is -2.26. The average Bonchev–Trinajstić information content (AvgIpc) is 3.46. The van der Waals surface area contributed by atoms with Crippen LogP contribution in [0.25, 0.3) is 17.5 Å². The molecule has 5 rings (SSSR count). The lowest BCUT2D eigenvalue weighted by atomic mass is 9.93. The van der Waals surface area contributed by atoms with E-state index < -0.39 is 5.97 Å². The standard InChI is InChI=1S/C31H30N2O5/c1-3-36-31(34)27-20-38-30(33-27)23-12-9-21(10-13-23)11-14-26-25-18-28(35-2)29(17-24(25)15-16-32-26)37-19-22-7-5-4-6-8-22/h4-14,17-18,20,26,32H,3,15-16,19H2,1-2H3. The van der Waals surface area contributed by atoms with E-state index in [9.17, 15) is 4.79 Å². The molecule has 0 saturated carbocycles. The molecular formula is C31H30N2O5. The monoisotopic (exact) mass is 510 g/mol. The van der Waals surface area contributed by atoms with Crippen molar-refractivity contribution in [2.75, 3.05) is 20.3 Å². The van der Waals surface area contributed by atoms with Crippen molar-refractivity contribution in [3.8, 4) is 23.0 Å². The van der Waals surface area contributed by atoms with Gasteiger partial charge in [0.05, 0.1) is 19.8 Å². The average molecular weight is 511 g/mol. The van der Waals surface area contributed by atoms with Crippen molar-refractivity contribution in [2.45, 2.75) is 26.0 Å². The van der Waals surface area contributed by atoms with Crippen LogP contribution in [0.2, 0.25) is 0 Å². The molecule has 7 heteroatoms. The number of nitrogens with zero attached hydrogens (tertiary/aromatic N) is 1. The predicted octanol–water partition coefficient (Wildman–Crippen LogP) is 6.01. The number of hydrogen-bond donors (Lipinski definition) is 1. The Morgan fingerprint density at radius 1 is 1.11 bits per heavy atom. The zero-order chi connectivity index (χ0) is 26.3. The van der Waals surface area contributed by atoms with Crippen molar-refractivity contribution in [2.24, 2.45) is 0 Å². The molecule has 0 spiro atoms. The summed E-state index contributed by atoms with van der Waals surface area (Å²) in [6.45, 7) is 3.41. The van der Waals surface area contributed by atoms with Crippen molar-refractivity contribution >= 4 is 12.0 Å². The van der Waals surface area contributed by atoms with Crippen LogP contribution in [0.3, 0.4) is 0 Å². The van der Waals surface area contributed by atoms with E-state index in [1.54, 1.807) is 14.0 Å². The molecule has 0 bridgehead atoms. The smallest absolute Gasteiger partial charge is 0.360 e. The molecule has 0 saturated heterocycles. The summed E-state index contributed by atoms with van der Waals surface area (Å²) in [5, 5.41) is 3.58. The Morgan fingerprint density at radius 3 is 2.68 bits per heavy atom. The van der Waals surface area contributed by atoms with Gasteiger partial charge in [-0.25, -0.2) is 9.78 Å². The zero-order valence-corrected chi connectivity index (χ0v) is 21.5. The third kappa shape index (κ3) is 5.79. The van der Waals surface area contributed by atoms with Gasteiger partial charge in [0.15, 0.2) is 17.2 Å². The van der Waals surface area contributed by atoms with E-state index in [0.717, 1.165) is 41.2 Å². The molecule has 0 aliphatic carbocycles. The number of rotatable bonds is 9. The third-order valence-corrected chi connectivity index (χ3v) is 6.38. The van der Waals surface area contributed by atoms with E-state index in [1.165, 1.54) is 17.4 Å². The first-order valence-corrected chi connectivity index (χ1v) is 12.7. The summed E-state index contributed by atoms with van der Waals surface area (Å²) in [5.74, 6) is 1.37. The van der Waals surface area contributed by atoms with Gasteiger partial charge in [-0.05, 0) is 59.9 Å². The molecule has 194 valence electrons. The minimum atomic E-state index is -0.492. The Balaban J connectivity index is 1.29. The molecule has 2 heterocycles. The topological polar surface area (TPSA) is 82.8 Å². The number of oxazole rings is 1. The summed E-state index contributed by atoms with van der Waals surface area (Å²) >= 11 is 0. The Labute approximate surface area is 222 Å². The molecule has 0 radical (unpaired) electrons. The number of fused-ring (bicyclic) bond motifs is 1. The second kappa shape index (κ2) is 11.8. The van der Waals surface area contributed by atoms with Gasteiger partial charge in [-0.2, -0.15) is 0 Å². The number of methoxy groups -OCH3 is 1. The fraction of sp³-hybridized carbons (Fsp3) is 0.226. The van der Waals surface area contributed by atoms with Crippen molar-refractivity contribution < 1.29 is 23.4 Å². The van der Waals surface area contributed by atoms with E-state index in [-0.39, 0.29) is 11.7 Å². The van der Waals surface area contributed by atoms with Crippen LogP contribution in [0.4, 0.5) is 0 Å². The molecule has 1 atom stereocenters. The molecule has 7 nitrogen and oxygen atoms in total. The highest BCUT2D eigenvalue weighted by Gasteiger charge is 2.21. The van der Waals surface area contributed by atoms with Gasteiger partial charge < -0.3 is 23.9 Å². The lowest BCUT2D eigenvalue weighted by molar-refractivity contribution is 0.0519. The van der Waals surface area contributed by atoms with Gasteiger partial charge in [0, 0.05) is 12.1 Å². The summed E-state index contributed by atoms with van der Waals surface area (Å²) in [7, 11) is 1.67. The van der Waals surface area contributed by atoms with Crippen LogP contribution in [0.5, 0.6) is 11.5 Å². The quantitative estimate of drug-likeness (QED) is 0.276. The number of carbonyl (C=O) groups is 1. The molecule has 38 heavy (non-hydrogen) atoms. The van der Waals surface area contributed by atoms with Crippen molar-refractivity contribution in [1.82, 2.24) is 10.3 Å². The number of ether oxygens (including phenoxy) is 3. The highest BCUT2D eigenvalue weighted by molar-refractivity contribution is 5.87. The SMILES string of the molecule is CCOC(=O)c1coc(-c2ccc(C=CC3NCCc4cc(OCc5ccccc5)c(OC)cc43)cc2)n1. The first-order valence-electron chi connectivity index (χ1n) is 12.7. The first-order chi connectivity index (χ1) is 18.6. The molecule has 3 aromatic carbocycles. The summed E-state index contributed by atoms with van der Waals surface area (Å²) in [6, 6.07) is 22.2. The Kier molecular flexibility index (Phi) is 7.85. The summed E-state index contributed by atoms with van der Waals surface area (Å²) in [4.78, 5) is 16.1. The normalized spacial score (nSPS) is 14.7. The van der Waals surface area contributed by atoms with Crippen LogP contribution in [0, 0.1) is 0 Å². The van der Waals surface area contributed by atoms with Gasteiger partial charge in [-0.3, -0.25) is 0 Å². The number of benzene rings is 3. The number of carbonyl (C=O) groups excluding carboxylic acids is 1. The van der Waals surface area contributed by atoms with Gasteiger partial charge in [-0.1, -0.05) is 54.6 Å². The number of aromatic nitrogens is 1. The van der Waals surface area contributed by atoms with Crippen LogP contribution < -0.4 is 14.8 Å². The number of hydrogen-bond acceptors (Lipinski definition) is 7. The Morgan fingerprint density at radius 2 is 1.92 bits per heavy atom. The fourth-order valence-corrected chi connectivity index (χ4v) is 4.42. The van der Waals surface area contributed by atoms with E-state index in [0.29, 0.717) is 19.1 Å². The minimum Gasteiger partial charge on any atom is -0.493 e. The van der Waals surface area contributed by atoms with Gasteiger partial charge >= 0.3 is 5.97 Å². The van der Waals surface area contributed by atoms with Crippen molar-refractivity contribution in [3.05, 3.63) is 107 Å². The highest BCUT2D eigenvalue weighted by atomic mass is 16.5. The van der Waals surface area contributed by atoms with Gasteiger partial charge in [-0.15, -0.1) is 0 Å². The maximum absolute atomic E-state index is 11.8. The largest absolute Gasteiger partial charge is 0.493 e. The molecule has 1 N–H and O–H groups in total. The number of nitrogens with one attached hydrogen (secondary N) is 1. The molecule has 1 aliphatic rings. The molecular weight excluding hydrogens is 480 g/mol. The van der Waals surface area contributed by atoms with Crippen LogP contribution >= 0.6 is 0 Å². The van der Waals surface area contributed by atoms with E-state index in [1.807, 2.05) is 54.6 Å². The highest BCUT2D eigenvalue weighted by Crippen LogP contribution is 2.36. The van der Waals surface area contributed by atoms with Gasteiger partial charge in [0.25, 0.3) is 0 Å². The molecule has 4 aromatic rings. The van der Waals surface area contributed by atoms with Gasteiger partial charge in [0.2, 0.25) is 5.89 Å². The van der Waals surface area contributed by atoms with Gasteiger partial charge in [0.1, 0.15) is 12.9 Å². The lowest BCUT2D eigenvalue weighted by Crippen LogP contribution is -2.28. The second-order valence-corrected chi connectivity index (χ2v) is 8.90. The summed E-state index contributed by atoms with van der Waals surface area (Å²) in [5.41, 5.74) is 5.53. The summed E-state index contributed by atoms with van der Waals surface area (Å²) in [6.07, 6.45) is 6.48. The molecule has 0 amide bonds. The summed E-state index contributed by atoms with van der Waals surface area (Å²) < 4.78 is 22.2. The maximum Gasteiger partial charge on any atom is 0.360 e. The van der Waals surface area contributed by atoms with Crippen LogP contribution in [0.1, 0.15) is 45.7 Å². The zero-order valence-electron chi connectivity index (χ0n) is 21.5. The van der Waals surface area contributed by atoms with Crippen LogP contribution in [-0.4, -0.2) is 31.2 Å². The Bertz CT molecular complexity index is 1410. The van der Waals surface area contributed by atoms with Crippen LogP contribution in [0.15, 0.2) is 83.5 Å². The molecule has 0 fully saturated rings. The van der Waals surface area contributed by atoms with E-state index in [2.05, 4.69) is 34.6 Å². The first kappa shape index (κ1) is 25.3. The molecule has 1 aromatic heterocycles. The van der Waals surface area contributed by atoms with Crippen LogP contribution in [-0.2, 0) is 17.8 Å². The van der Waals surface area contributed by atoms with Crippen molar-refractivity contribution in [3.63, 3.8) is 0 Å². The Hall–Kier alpha value is -4.36. The molecule has 1 aliphatic heterocycles.